The monoisotopic (exact) mass is 1160 g/mol. The zero-order chi connectivity index (χ0) is 59.9. The molecule has 0 heterocycles. The zero-order valence-electron chi connectivity index (χ0n) is 55.7. The van der Waals surface area contributed by atoms with Gasteiger partial charge >= 0.3 is 17.9 Å². The molecule has 0 aromatic rings. The highest BCUT2D eigenvalue weighted by Gasteiger charge is 2.19. The highest BCUT2D eigenvalue weighted by Crippen LogP contribution is 2.19. The van der Waals surface area contributed by atoms with Gasteiger partial charge in [-0.1, -0.05) is 370 Å². The van der Waals surface area contributed by atoms with Crippen LogP contribution < -0.4 is 0 Å². The van der Waals surface area contributed by atoms with Crippen LogP contribution in [0.15, 0.2) is 60.8 Å². The highest BCUT2D eigenvalue weighted by molar-refractivity contribution is 5.71. The number of esters is 3. The third-order valence-corrected chi connectivity index (χ3v) is 16.5. The Kier molecular flexibility index (Phi) is 69.1. The van der Waals surface area contributed by atoms with Crippen molar-refractivity contribution in [3.8, 4) is 0 Å². The second-order valence-corrected chi connectivity index (χ2v) is 24.8. The molecule has 0 aliphatic heterocycles. The fraction of sp³-hybridized carbons (Fsp3) is 0.831. The van der Waals surface area contributed by atoms with Crippen LogP contribution in [0.3, 0.4) is 0 Å². The van der Waals surface area contributed by atoms with Gasteiger partial charge in [0.25, 0.3) is 0 Å². The van der Waals surface area contributed by atoms with Crippen molar-refractivity contribution in [2.75, 3.05) is 13.2 Å². The molecule has 0 saturated carbocycles. The predicted molar refractivity (Wildman–Crippen MR) is 362 cm³/mol. The van der Waals surface area contributed by atoms with E-state index in [4.69, 9.17) is 14.2 Å². The third-order valence-electron chi connectivity index (χ3n) is 16.5. The van der Waals surface area contributed by atoms with Crippen LogP contribution >= 0.6 is 0 Å². The van der Waals surface area contributed by atoms with E-state index in [1.165, 1.54) is 257 Å². The van der Waals surface area contributed by atoms with E-state index in [0.29, 0.717) is 19.3 Å². The second-order valence-electron chi connectivity index (χ2n) is 24.8. The maximum absolute atomic E-state index is 12.9. The van der Waals surface area contributed by atoms with Gasteiger partial charge in [0.2, 0.25) is 0 Å². The van der Waals surface area contributed by atoms with E-state index in [0.717, 1.165) is 96.3 Å². The Labute approximate surface area is 517 Å². The van der Waals surface area contributed by atoms with Gasteiger partial charge in [0.1, 0.15) is 13.2 Å². The van der Waals surface area contributed by atoms with Crippen molar-refractivity contribution in [1.29, 1.82) is 0 Å². The van der Waals surface area contributed by atoms with Gasteiger partial charge in [-0.25, -0.2) is 0 Å². The summed E-state index contributed by atoms with van der Waals surface area (Å²) in [5.41, 5.74) is 0. The lowest BCUT2D eigenvalue weighted by atomic mass is 10.0. The Hall–Kier alpha value is -2.89. The van der Waals surface area contributed by atoms with Crippen molar-refractivity contribution in [3.63, 3.8) is 0 Å². The van der Waals surface area contributed by atoms with Gasteiger partial charge in [-0.15, -0.1) is 0 Å². The molecular weight excluding hydrogens is 1020 g/mol. The molecule has 0 aromatic heterocycles. The van der Waals surface area contributed by atoms with Gasteiger partial charge < -0.3 is 14.2 Å². The first kappa shape index (κ1) is 80.1. The average Bonchev–Trinajstić information content (AvgIpc) is 3.50. The minimum atomic E-state index is -0.777. The van der Waals surface area contributed by atoms with Crippen LogP contribution in [0.4, 0.5) is 0 Å². The molecule has 0 amide bonds. The van der Waals surface area contributed by atoms with Crippen molar-refractivity contribution in [1.82, 2.24) is 0 Å². The van der Waals surface area contributed by atoms with Gasteiger partial charge in [-0.2, -0.15) is 0 Å². The Balaban J connectivity index is 3.97. The molecule has 0 saturated heterocycles. The smallest absolute Gasteiger partial charge is 0.306 e. The molecule has 0 radical (unpaired) electrons. The number of unbranched alkanes of at least 4 members (excludes halogenated alkanes) is 47. The Bertz CT molecular complexity index is 1470. The summed E-state index contributed by atoms with van der Waals surface area (Å²) in [6.07, 6.45) is 93.1. The van der Waals surface area contributed by atoms with Gasteiger partial charge in [0.15, 0.2) is 6.10 Å². The van der Waals surface area contributed by atoms with E-state index in [9.17, 15) is 14.4 Å². The molecule has 1 unspecified atom stereocenters. The lowest BCUT2D eigenvalue weighted by Gasteiger charge is -2.18. The second kappa shape index (κ2) is 71.6. The Morgan fingerprint density at radius 2 is 0.470 bits per heavy atom. The van der Waals surface area contributed by atoms with Gasteiger partial charge in [0, 0.05) is 19.3 Å². The summed E-state index contributed by atoms with van der Waals surface area (Å²) in [5.74, 6) is -0.872. The van der Waals surface area contributed by atoms with Crippen molar-refractivity contribution in [2.24, 2.45) is 0 Å². The summed E-state index contributed by atoms with van der Waals surface area (Å²) in [6, 6.07) is 0. The number of allylic oxidation sites excluding steroid dienone is 10. The molecule has 0 aromatic carbocycles. The first-order chi connectivity index (χ1) is 41.0. The minimum Gasteiger partial charge on any atom is -0.462 e. The van der Waals surface area contributed by atoms with E-state index in [1.54, 1.807) is 0 Å². The number of rotatable bonds is 68. The molecule has 6 heteroatoms. The van der Waals surface area contributed by atoms with Gasteiger partial charge in [-0.3, -0.25) is 14.4 Å². The third kappa shape index (κ3) is 69.8. The summed E-state index contributed by atoms with van der Waals surface area (Å²) in [5, 5.41) is 0. The molecule has 1 atom stereocenters. The minimum absolute atomic E-state index is 0.0748. The number of ether oxygens (including phenoxy) is 3. The van der Waals surface area contributed by atoms with Crippen LogP contribution in [0.25, 0.3) is 0 Å². The van der Waals surface area contributed by atoms with Gasteiger partial charge in [0.05, 0.1) is 0 Å². The van der Waals surface area contributed by atoms with E-state index >= 15 is 0 Å². The van der Waals surface area contributed by atoms with Crippen molar-refractivity contribution >= 4 is 17.9 Å². The fourth-order valence-corrected chi connectivity index (χ4v) is 11.1. The zero-order valence-corrected chi connectivity index (χ0v) is 55.7. The van der Waals surface area contributed by atoms with Crippen LogP contribution in [0.5, 0.6) is 0 Å². The predicted octanol–water partition coefficient (Wildman–Crippen LogP) is 25.5. The molecule has 0 aliphatic carbocycles. The van der Waals surface area contributed by atoms with E-state index < -0.39 is 6.10 Å². The van der Waals surface area contributed by atoms with Gasteiger partial charge in [-0.05, 0) is 64.2 Å². The summed E-state index contributed by atoms with van der Waals surface area (Å²) in [4.78, 5) is 38.2. The summed E-state index contributed by atoms with van der Waals surface area (Å²) in [6.45, 7) is 6.53. The maximum Gasteiger partial charge on any atom is 0.306 e. The summed E-state index contributed by atoms with van der Waals surface area (Å²) >= 11 is 0. The molecule has 83 heavy (non-hydrogen) atoms. The SMILES string of the molecule is CC/C=C\C/C=C\C/C=C\C/C=C\C/C=C\CCCCCCCCCC(=O)OC(COC(=O)CCCCCCCCC)COC(=O)CCCCCCCCCCCCCCCCCCCCCCCCCCCCCCCCCCCCC. The van der Waals surface area contributed by atoms with Crippen molar-refractivity contribution in [3.05, 3.63) is 60.8 Å². The molecule has 0 rings (SSSR count). The molecular formula is C77H140O6. The molecule has 0 spiro atoms. The van der Waals surface area contributed by atoms with Crippen LogP contribution in [0.1, 0.15) is 393 Å². The molecule has 0 N–H and O–H groups in total. The van der Waals surface area contributed by atoms with E-state index in [1.807, 2.05) is 0 Å². The van der Waals surface area contributed by atoms with Crippen LogP contribution in [-0.4, -0.2) is 37.2 Å². The van der Waals surface area contributed by atoms with Crippen molar-refractivity contribution in [2.45, 2.75) is 399 Å². The molecule has 484 valence electrons. The highest BCUT2D eigenvalue weighted by atomic mass is 16.6. The van der Waals surface area contributed by atoms with Crippen molar-refractivity contribution < 1.29 is 28.6 Å². The normalized spacial score (nSPS) is 12.4. The number of carbonyl (C=O) groups excluding carboxylic acids is 3. The molecule has 6 nitrogen and oxygen atoms in total. The van der Waals surface area contributed by atoms with E-state index in [2.05, 4.69) is 81.5 Å². The molecule has 0 bridgehead atoms. The maximum atomic E-state index is 12.9. The average molecular weight is 1160 g/mol. The molecule has 0 aliphatic rings. The lowest BCUT2D eigenvalue weighted by Crippen LogP contribution is -2.30. The summed E-state index contributed by atoms with van der Waals surface area (Å²) < 4.78 is 16.9. The first-order valence-electron chi connectivity index (χ1n) is 36.8. The first-order valence-corrected chi connectivity index (χ1v) is 36.8. The molecule has 0 fully saturated rings. The van der Waals surface area contributed by atoms with Crippen LogP contribution in [0, 0.1) is 0 Å². The quantitative estimate of drug-likeness (QED) is 0.0261. The van der Waals surface area contributed by atoms with Crippen LogP contribution in [0.2, 0.25) is 0 Å². The largest absolute Gasteiger partial charge is 0.462 e. The lowest BCUT2D eigenvalue weighted by molar-refractivity contribution is -0.167. The van der Waals surface area contributed by atoms with Crippen LogP contribution in [-0.2, 0) is 28.6 Å². The topological polar surface area (TPSA) is 78.9 Å². The number of carbonyl (C=O) groups is 3. The Morgan fingerprint density at radius 1 is 0.253 bits per heavy atom. The van der Waals surface area contributed by atoms with E-state index in [-0.39, 0.29) is 31.1 Å². The number of hydrogen-bond acceptors (Lipinski definition) is 6. The Morgan fingerprint density at radius 3 is 0.735 bits per heavy atom. The number of hydrogen-bond donors (Lipinski definition) is 0. The summed E-state index contributed by atoms with van der Waals surface area (Å²) in [7, 11) is 0. The fourth-order valence-electron chi connectivity index (χ4n) is 11.1. The standard InChI is InChI=1S/C77H140O6/c1-4-7-10-13-16-18-20-22-24-26-28-30-32-33-34-35-36-37-38-39-40-41-42-43-45-46-48-50-52-54-56-58-61-64-67-70-76(79)82-73-74(72-81-75(78)69-66-63-60-15-12-9-6-3)83-77(80)71-68-65-62-59-57-55-53-51-49-47-44-31-29-27-25-23-21-19-17-14-11-8-5-2/h8,11,17,19,23,25,29,31,47,49,74H,4-7,9-10,12-16,18,20-22,24,26-28,30,32-46,48,50-73H2,1-3H3/b11-8-,19-17-,25-23-,31-29-,49-47-.